The molecule has 0 saturated carbocycles. The van der Waals surface area contributed by atoms with Crippen molar-refractivity contribution in [3.8, 4) is 11.8 Å². The van der Waals surface area contributed by atoms with E-state index in [9.17, 15) is 15.2 Å². The van der Waals surface area contributed by atoms with Crippen molar-refractivity contribution in [3.05, 3.63) is 113 Å². The van der Waals surface area contributed by atoms with Gasteiger partial charge in [-0.15, -0.1) is 0 Å². The molecule has 5 heteroatoms. The van der Waals surface area contributed by atoms with Crippen molar-refractivity contribution in [1.29, 1.82) is 5.26 Å². The van der Waals surface area contributed by atoms with E-state index >= 15 is 0 Å². The Morgan fingerprint density at radius 2 is 1.67 bits per heavy atom. The maximum Gasteiger partial charge on any atom is 0.325 e. The average Bonchev–Trinajstić information content (AvgIpc) is 2.84. The number of benzene rings is 4. The number of nitrogens with zero attached hydrogens (tertiary/aromatic N) is 1. The number of para-hydroxylation sites is 1. The van der Waals surface area contributed by atoms with Gasteiger partial charge in [-0.3, -0.25) is 4.79 Å². The normalized spacial score (nSPS) is 13.6. The Labute approximate surface area is 197 Å². The standard InChI is InChI=1S/C28H22ClNO3/c1-33-25-15-5-4-13-24(25)26(23-14-7-10-20-9-2-3-12-22(20)23)28(18-30,27(31)32)17-19-8-6-11-21(29)16-19/h2-16,26H,17H2,1H3,(H,31,32)/t26?,28-/m1/s1. The van der Waals surface area contributed by atoms with Gasteiger partial charge in [0.1, 0.15) is 5.75 Å². The van der Waals surface area contributed by atoms with E-state index in [1.54, 1.807) is 37.4 Å². The minimum absolute atomic E-state index is 0.0225. The predicted molar refractivity (Wildman–Crippen MR) is 130 cm³/mol. The monoisotopic (exact) mass is 455 g/mol. The molecular formula is C28H22ClNO3. The number of methoxy groups -OCH3 is 1. The molecule has 0 spiro atoms. The van der Waals surface area contributed by atoms with Gasteiger partial charge in [0.2, 0.25) is 0 Å². The molecule has 0 saturated heterocycles. The zero-order valence-electron chi connectivity index (χ0n) is 18.0. The SMILES string of the molecule is COc1ccccc1C(c1cccc2ccccc12)[C@](C#N)(Cc1cccc(Cl)c1)C(=O)O. The molecule has 33 heavy (non-hydrogen) atoms. The third-order valence-electron chi connectivity index (χ3n) is 6.03. The minimum Gasteiger partial charge on any atom is -0.496 e. The van der Waals surface area contributed by atoms with Crippen LogP contribution in [-0.4, -0.2) is 18.2 Å². The Morgan fingerprint density at radius 1 is 1.00 bits per heavy atom. The molecule has 1 unspecified atom stereocenters. The van der Waals surface area contributed by atoms with Crippen LogP contribution in [0.3, 0.4) is 0 Å². The van der Waals surface area contributed by atoms with Crippen molar-refractivity contribution in [2.45, 2.75) is 12.3 Å². The van der Waals surface area contributed by atoms with Gasteiger partial charge in [0.15, 0.2) is 5.41 Å². The van der Waals surface area contributed by atoms with Gasteiger partial charge in [0, 0.05) is 22.9 Å². The van der Waals surface area contributed by atoms with Gasteiger partial charge in [-0.05, 0) is 40.1 Å². The molecule has 0 aliphatic carbocycles. The highest BCUT2D eigenvalue weighted by atomic mass is 35.5. The third kappa shape index (κ3) is 4.16. The Hall–Kier alpha value is -3.81. The molecular weight excluding hydrogens is 434 g/mol. The van der Waals surface area contributed by atoms with E-state index in [-0.39, 0.29) is 6.42 Å². The minimum atomic E-state index is -1.82. The van der Waals surface area contributed by atoms with E-state index in [2.05, 4.69) is 6.07 Å². The number of halogens is 1. The molecule has 1 N–H and O–H groups in total. The molecule has 0 fully saturated rings. The maximum atomic E-state index is 13.0. The Balaban J connectivity index is 2.05. The fourth-order valence-electron chi connectivity index (χ4n) is 4.53. The van der Waals surface area contributed by atoms with Crippen molar-refractivity contribution < 1.29 is 14.6 Å². The summed E-state index contributed by atoms with van der Waals surface area (Å²) < 4.78 is 5.63. The largest absolute Gasteiger partial charge is 0.496 e. The van der Waals surface area contributed by atoms with Crippen molar-refractivity contribution in [2.75, 3.05) is 7.11 Å². The fraction of sp³-hybridized carbons (Fsp3) is 0.143. The van der Waals surface area contributed by atoms with Crippen LogP contribution in [0.25, 0.3) is 10.8 Å². The van der Waals surface area contributed by atoms with E-state index in [4.69, 9.17) is 16.3 Å². The summed E-state index contributed by atoms with van der Waals surface area (Å²) in [7, 11) is 1.55. The zero-order chi connectivity index (χ0) is 23.4. The van der Waals surface area contributed by atoms with Gasteiger partial charge in [0.25, 0.3) is 0 Å². The topological polar surface area (TPSA) is 70.3 Å². The number of carboxylic acids is 1. The second-order valence-corrected chi connectivity index (χ2v) is 8.37. The van der Waals surface area contributed by atoms with E-state index in [1.807, 2.05) is 60.7 Å². The number of ether oxygens (including phenoxy) is 1. The highest BCUT2D eigenvalue weighted by Crippen LogP contribution is 2.48. The zero-order valence-corrected chi connectivity index (χ0v) is 18.8. The number of carboxylic acid groups (broad SMARTS) is 1. The van der Waals surface area contributed by atoms with E-state index in [1.165, 1.54) is 0 Å². The Morgan fingerprint density at radius 3 is 2.39 bits per heavy atom. The molecule has 164 valence electrons. The van der Waals surface area contributed by atoms with Crippen LogP contribution in [0.1, 0.15) is 22.6 Å². The molecule has 0 amide bonds. The first-order valence-corrected chi connectivity index (χ1v) is 10.9. The van der Waals surface area contributed by atoms with Gasteiger partial charge < -0.3 is 9.84 Å². The van der Waals surface area contributed by atoms with Gasteiger partial charge >= 0.3 is 5.97 Å². The molecule has 0 bridgehead atoms. The first-order chi connectivity index (χ1) is 16.0. The van der Waals surface area contributed by atoms with Gasteiger partial charge in [-0.25, -0.2) is 0 Å². The first kappa shape index (κ1) is 22.4. The van der Waals surface area contributed by atoms with Crippen LogP contribution in [0.4, 0.5) is 0 Å². The van der Waals surface area contributed by atoms with Crippen LogP contribution < -0.4 is 4.74 Å². The summed E-state index contributed by atoms with van der Waals surface area (Å²) in [6.45, 7) is 0. The molecule has 4 nitrogen and oxygen atoms in total. The summed E-state index contributed by atoms with van der Waals surface area (Å²) in [6, 6.07) is 30.0. The summed E-state index contributed by atoms with van der Waals surface area (Å²) in [4.78, 5) is 13.0. The summed E-state index contributed by atoms with van der Waals surface area (Å²) >= 11 is 6.19. The molecule has 0 aliphatic heterocycles. The van der Waals surface area contributed by atoms with Crippen molar-refractivity contribution >= 4 is 28.3 Å². The molecule has 0 aromatic heterocycles. The van der Waals surface area contributed by atoms with E-state index in [0.717, 1.165) is 16.3 Å². The highest BCUT2D eigenvalue weighted by Gasteiger charge is 2.49. The second kappa shape index (κ2) is 9.36. The lowest BCUT2D eigenvalue weighted by molar-refractivity contribution is -0.146. The van der Waals surface area contributed by atoms with Crippen molar-refractivity contribution in [1.82, 2.24) is 0 Å². The fourth-order valence-corrected chi connectivity index (χ4v) is 4.74. The van der Waals surface area contributed by atoms with E-state index < -0.39 is 17.3 Å². The number of hydrogen-bond acceptors (Lipinski definition) is 3. The number of nitriles is 1. The Bertz CT molecular complexity index is 1360. The van der Waals surface area contributed by atoms with Crippen LogP contribution in [0.5, 0.6) is 5.75 Å². The highest BCUT2D eigenvalue weighted by molar-refractivity contribution is 6.30. The number of rotatable bonds is 7. The smallest absolute Gasteiger partial charge is 0.325 e. The molecule has 0 radical (unpaired) electrons. The van der Waals surface area contributed by atoms with Crippen LogP contribution in [0.2, 0.25) is 5.02 Å². The van der Waals surface area contributed by atoms with E-state index in [0.29, 0.717) is 21.9 Å². The van der Waals surface area contributed by atoms with Crippen molar-refractivity contribution in [3.63, 3.8) is 0 Å². The van der Waals surface area contributed by atoms with Crippen LogP contribution in [0.15, 0.2) is 91.0 Å². The molecule has 2 atom stereocenters. The summed E-state index contributed by atoms with van der Waals surface area (Å²) in [5.41, 5.74) is 0.251. The molecule has 0 heterocycles. The van der Waals surface area contributed by atoms with Crippen LogP contribution in [-0.2, 0) is 11.2 Å². The lowest BCUT2D eigenvalue weighted by Crippen LogP contribution is -2.39. The van der Waals surface area contributed by atoms with Gasteiger partial charge in [-0.2, -0.15) is 5.26 Å². The lowest BCUT2D eigenvalue weighted by Gasteiger charge is -2.34. The molecule has 4 aromatic carbocycles. The molecule has 0 aliphatic rings. The van der Waals surface area contributed by atoms with Crippen molar-refractivity contribution in [2.24, 2.45) is 5.41 Å². The third-order valence-corrected chi connectivity index (χ3v) is 6.27. The average molecular weight is 456 g/mol. The second-order valence-electron chi connectivity index (χ2n) is 7.94. The maximum absolute atomic E-state index is 13.0. The first-order valence-electron chi connectivity index (χ1n) is 10.5. The summed E-state index contributed by atoms with van der Waals surface area (Å²) in [5, 5.41) is 23.4. The molecule has 4 aromatic rings. The van der Waals surface area contributed by atoms with Crippen LogP contribution in [0, 0.1) is 16.7 Å². The van der Waals surface area contributed by atoms with Crippen LogP contribution >= 0.6 is 11.6 Å². The quantitative estimate of drug-likeness (QED) is 0.346. The van der Waals surface area contributed by atoms with Gasteiger partial charge in [0.05, 0.1) is 13.2 Å². The number of fused-ring (bicyclic) bond motifs is 1. The number of hydrogen-bond donors (Lipinski definition) is 1. The Kier molecular flexibility index (Phi) is 6.35. The predicted octanol–water partition coefficient (Wildman–Crippen LogP) is 6.47. The summed E-state index contributed by atoms with van der Waals surface area (Å²) in [5.74, 6) is -1.47. The number of aliphatic carboxylic acids is 1. The number of carbonyl (C=O) groups is 1. The van der Waals surface area contributed by atoms with Gasteiger partial charge in [-0.1, -0.05) is 84.4 Å². The summed E-state index contributed by atoms with van der Waals surface area (Å²) in [6.07, 6.45) is -0.0225. The molecule has 4 rings (SSSR count). The lowest BCUT2D eigenvalue weighted by atomic mass is 9.65.